The minimum atomic E-state index is -0.804. The maximum absolute atomic E-state index is 11.7. The second-order valence-electron chi connectivity index (χ2n) is 5.16. The molecule has 0 spiro atoms. The number of hydrogen-bond donors (Lipinski definition) is 3. The van der Waals surface area contributed by atoms with Crippen LogP contribution in [0.3, 0.4) is 0 Å². The predicted molar refractivity (Wildman–Crippen MR) is 95.1 cm³/mol. The van der Waals surface area contributed by atoms with E-state index < -0.39 is 36.8 Å². The van der Waals surface area contributed by atoms with Crippen LogP contribution in [-0.2, 0) is 19.1 Å². The van der Waals surface area contributed by atoms with Crippen LogP contribution in [0.25, 0.3) is 0 Å². The van der Waals surface area contributed by atoms with Gasteiger partial charge in [-0.05, 0) is 30.3 Å². The van der Waals surface area contributed by atoms with Gasteiger partial charge in [0, 0.05) is 10.7 Å². The van der Waals surface area contributed by atoms with Crippen molar-refractivity contribution in [3.05, 3.63) is 53.4 Å². The van der Waals surface area contributed by atoms with E-state index in [0.29, 0.717) is 10.7 Å². The van der Waals surface area contributed by atoms with Crippen molar-refractivity contribution in [2.24, 2.45) is 0 Å². The Bertz CT molecular complexity index is 822. The first kappa shape index (κ1) is 20.0. The number of hydrogen-bond acceptors (Lipinski definition) is 6. The van der Waals surface area contributed by atoms with Crippen LogP contribution in [0.5, 0.6) is 0 Å². The van der Waals surface area contributed by atoms with Crippen LogP contribution in [0.4, 0.5) is 5.69 Å². The molecule has 0 saturated carbocycles. The molecule has 27 heavy (non-hydrogen) atoms. The van der Waals surface area contributed by atoms with Crippen molar-refractivity contribution < 1.29 is 28.3 Å². The number of carbonyl (C=O) groups is 4. The average molecular weight is 394 g/mol. The van der Waals surface area contributed by atoms with Gasteiger partial charge in [0.15, 0.2) is 12.4 Å². The molecule has 0 aliphatic heterocycles. The lowest BCUT2D eigenvalue weighted by molar-refractivity contribution is -0.147. The molecule has 0 aliphatic carbocycles. The molecule has 0 bridgehead atoms. The Morgan fingerprint density at radius 1 is 1.00 bits per heavy atom. The average Bonchev–Trinajstić information content (AvgIpc) is 3.17. The van der Waals surface area contributed by atoms with Crippen molar-refractivity contribution in [2.75, 3.05) is 25.0 Å². The second kappa shape index (κ2) is 9.97. The summed E-state index contributed by atoms with van der Waals surface area (Å²) in [5.74, 6) is -2.46. The third-order valence-corrected chi connectivity index (χ3v) is 3.29. The third kappa shape index (κ3) is 7.20. The molecule has 0 fully saturated rings. The predicted octanol–water partition coefficient (Wildman–Crippen LogP) is 0.961. The van der Waals surface area contributed by atoms with Gasteiger partial charge in [-0.15, -0.1) is 0 Å². The summed E-state index contributed by atoms with van der Waals surface area (Å²) < 4.78 is 9.61. The van der Waals surface area contributed by atoms with E-state index in [2.05, 4.69) is 16.0 Å². The van der Waals surface area contributed by atoms with Gasteiger partial charge in [0.2, 0.25) is 5.91 Å². The first-order valence-electron chi connectivity index (χ1n) is 7.73. The van der Waals surface area contributed by atoms with E-state index >= 15 is 0 Å². The van der Waals surface area contributed by atoms with Gasteiger partial charge >= 0.3 is 5.97 Å². The molecule has 3 N–H and O–H groups in total. The molecule has 1 heterocycles. The Morgan fingerprint density at radius 2 is 1.81 bits per heavy atom. The second-order valence-corrected chi connectivity index (χ2v) is 5.59. The highest BCUT2D eigenvalue weighted by atomic mass is 35.5. The van der Waals surface area contributed by atoms with Crippen LogP contribution in [0.2, 0.25) is 5.02 Å². The van der Waals surface area contributed by atoms with Gasteiger partial charge in [-0.25, -0.2) is 0 Å². The molecule has 9 nitrogen and oxygen atoms in total. The number of esters is 1. The summed E-state index contributed by atoms with van der Waals surface area (Å²) in [6.07, 6.45) is 1.33. The number of nitrogens with one attached hydrogen (secondary N) is 3. The number of carbonyl (C=O) groups excluding carboxylic acids is 4. The summed E-state index contributed by atoms with van der Waals surface area (Å²) in [5.41, 5.74) is 0.462. The van der Waals surface area contributed by atoms with Gasteiger partial charge in [0.05, 0.1) is 12.8 Å². The molecule has 0 saturated heterocycles. The van der Waals surface area contributed by atoms with Gasteiger partial charge < -0.3 is 25.1 Å². The standard InChI is InChI=1S/C17H16ClN3O6/c18-11-3-1-4-12(7-11)21-15(23)10-27-16(24)9-19-14(22)8-20-17(25)13-5-2-6-26-13/h1-7H,8-10H2,(H,19,22)(H,20,25)(H,21,23). The third-order valence-electron chi connectivity index (χ3n) is 3.06. The van der Waals surface area contributed by atoms with E-state index in [9.17, 15) is 19.2 Å². The summed E-state index contributed by atoms with van der Waals surface area (Å²) in [5, 5.41) is 7.53. The fraction of sp³-hybridized carbons (Fsp3) is 0.176. The van der Waals surface area contributed by atoms with E-state index in [1.54, 1.807) is 24.3 Å². The van der Waals surface area contributed by atoms with Crippen LogP contribution >= 0.6 is 11.6 Å². The summed E-state index contributed by atoms with van der Waals surface area (Å²) in [4.78, 5) is 46.4. The van der Waals surface area contributed by atoms with Crippen molar-refractivity contribution in [1.29, 1.82) is 0 Å². The highest BCUT2D eigenvalue weighted by molar-refractivity contribution is 6.30. The molecule has 1 aromatic heterocycles. The SMILES string of the molecule is O=C(CNC(=O)c1ccco1)NCC(=O)OCC(=O)Nc1cccc(Cl)c1. The zero-order chi connectivity index (χ0) is 19.6. The van der Waals surface area contributed by atoms with Crippen LogP contribution < -0.4 is 16.0 Å². The Labute approximate surface area is 159 Å². The molecule has 10 heteroatoms. The lowest BCUT2D eigenvalue weighted by atomic mass is 10.3. The zero-order valence-electron chi connectivity index (χ0n) is 14.0. The molecule has 2 aromatic rings. The normalized spacial score (nSPS) is 9.96. The Morgan fingerprint density at radius 3 is 2.52 bits per heavy atom. The highest BCUT2D eigenvalue weighted by Gasteiger charge is 2.12. The Balaban J connectivity index is 1.61. The number of rotatable bonds is 8. The minimum absolute atomic E-state index is 0.0629. The molecular formula is C17H16ClN3O6. The van der Waals surface area contributed by atoms with Gasteiger partial charge in [0.1, 0.15) is 6.54 Å². The molecule has 3 amide bonds. The number of anilines is 1. The van der Waals surface area contributed by atoms with Crippen LogP contribution in [-0.4, -0.2) is 43.4 Å². The lowest BCUT2D eigenvalue weighted by Gasteiger charge is -2.08. The molecule has 0 unspecified atom stereocenters. The molecular weight excluding hydrogens is 378 g/mol. The maximum Gasteiger partial charge on any atom is 0.325 e. The van der Waals surface area contributed by atoms with Gasteiger partial charge in [0.25, 0.3) is 11.8 Å². The van der Waals surface area contributed by atoms with E-state index in [1.165, 1.54) is 18.4 Å². The fourth-order valence-electron chi connectivity index (χ4n) is 1.85. The van der Waals surface area contributed by atoms with Crippen molar-refractivity contribution in [3.63, 3.8) is 0 Å². The Kier molecular flexibility index (Phi) is 7.38. The molecule has 0 radical (unpaired) electrons. The minimum Gasteiger partial charge on any atom is -0.459 e. The van der Waals surface area contributed by atoms with E-state index in [-0.39, 0.29) is 12.3 Å². The van der Waals surface area contributed by atoms with E-state index in [4.69, 9.17) is 20.8 Å². The lowest BCUT2D eigenvalue weighted by Crippen LogP contribution is -2.39. The molecule has 0 aliphatic rings. The van der Waals surface area contributed by atoms with Crippen molar-refractivity contribution in [1.82, 2.24) is 10.6 Å². The topological polar surface area (TPSA) is 127 Å². The summed E-state index contributed by atoms with van der Waals surface area (Å²) in [6.45, 7) is -1.31. The maximum atomic E-state index is 11.7. The molecule has 2 rings (SSSR count). The van der Waals surface area contributed by atoms with Gasteiger partial charge in [-0.1, -0.05) is 17.7 Å². The summed E-state index contributed by atoms with van der Waals surface area (Å²) >= 11 is 5.79. The van der Waals surface area contributed by atoms with Crippen LogP contribution in [0.15, 0.2) is 47.1 Å². The van der Waals surface area contributed by atoms with Crippen molar-refractivity contribution in [2.45, 2.75) is 0 Å². The van der Waals surface area contributed by atoms with Gasteiger partial charge in [-0.2, -0.15) is 0 Å². The highest BCUT2D eigenvalue weighted by Crippen LogP contribution is 2.14. The summed E-state index contributed by atoms with van der Waals surface area (Å²) in [7, 11) is 0. The van der Waals surface area contributed by atoms with Crippen LogP contribution in [0.1, 0.15) is 10.6 Å². The first-order chi connectivity index (χ1) is 12.9. The van der Waals surface area contributed by atoms with Crippen molar-refractivity contribution >= 4 is 41.0 Å². The fourth-order valence-corrected chi connectivity index (χ4v) is 2.04. The zero-order valence-corrected chi connectivity index (χ0v) is 14.7. The number of amides is 3. The number of furan rings is 1. The smallest absolute Gasteiger partial charge is 0.325 e. The molecule has 142 valence electrons. The monoisotopic (exact) mass is 393 g/mol. The Hall–Kier alpha value is -3.33. The largest absolute Gasteiger partial charge is 0.459 e. The molecule has 1 aromatic carbocycles. The van der Waals surface area contributed by atoms with Gasteiger partial charge in [-0.3, -0.25) is 19.2 Å². The quantitative estimate of drug-likeness (QED) is 0.573. The number of benzene rings is 1. The van der Waals surface area contributed by atoms with Crippen molar-refractivity contribution in [3.8, 4) is 0 Å². The number of halogens is 1. The van der Waals surface area contributed by atoms with E-state index in [0.717, 1.165) is 0 Å². The molecule has 0 atom stereocenters. The summed E-state index contributed by atoms with van der Waals surface area (Å²) in [6, 6.07) is 9.45. The van der Waals surface area contributed by atoms with E-state index in [1.807, 2.05) is 0 Å². The number of ether oxygens (including phenoxy) is 1. The first-order valence-corrected chi connectivity index (χ1v) is 8.11. The van der Waals surface area contributed by atoms with Crippen LogP contribution in [0, 0.1) is 0 Å².